The van der Waals surface area contributed by atoms with Crippen molar-refractivity contribution in [2.45, 2.75) is 41.0 Å². The lowest BCUT2D eigenvalue weighted by Crippen LogP contribution is -2.05. The highest BCUT2D eigenvalue weighted by Crippen LogP contribution is 2.31. The van der Waals surface area contributed by atoms with Crippen molar-refractivity contribution < 1.29 is 0 Å². The SMILES string of the molecule is CCc1nc(N)c(C)c(-c2c(C)cc(C)cc2C)n1. The van der Waals surface area contributed by atoms with Crippen molar-refractivity contribution in [2.75, 3.05) is 5.73 Å². The van der Waals surface area contributed by atoms with Gasteiger partial charge in [0, 0.05) is 17.5 Å². The number of hydrogen-bond donors (Lipinski definition) is 1. The van der Waals surface area contributed by atoms with Crippen LogP contribution in [0.5, 0.6) is 0 Å². The molecule has 2 N–H and O–H groups in total. The zero-order chi connectivity index (χ0) is 14.2. The van der Waals surface area contributed by atoms with Crippen LogP contribution in [0.2, 0.25) is 0 Å². The number of anilines is 1. The van der Waals surface area contributed by atoms with Crippen molar-refractivity contribution in [1.29, 1.82) is 0 Å². The van der Waals surface area contributed by atoms with Crippen molar-refractivity contribution in [1.82, 2.24) is 9.97 Å². The standard InChI is InChI=1S/C16H21N3/c1-6-13-18-15(12(5)16(17)19-13)14-10(3)7-9(2)8-11(14)4/h7-8H,6H2,1-5H3,(H2,17,18,19). The third-order valence-electron chi connectivity index (χ3n) is 3.46. The molecule has 100 valence electrons. The average molecular weight is 255 g/mol. The van der Waals surface area contributed by atoms with Gasteiger partial charge < -0.3 is 5.73 Å². The van der Waals surface area contributed by atoms with Crippen LogP contribution in [0.25, 0.3) is 11.3 Å². The molecule has 2 aromatic rings. The smallest absolute Gasteiger partial charge is 0.131 e. The van der Waals surface area contributed by atoms with Gasteiger partial charge in [-0.05, 0) is 38.8 Å². The highest BCUT2D eigenvalue weighted by atomic mass is 15.0. The summed E-state index contributed by atoms with van der Waals surface area (Å²) >= 11 is 0. The minimum atomic E-state index is 0.584. The summed E-state index contributed by atoms with van der Waals surface area (Å²) in [6, 6.07) is 4.37. The summed E-state index contributed by atoms with van der Waals surface area (Å²) in [5.74, 6) is 1.39. The topological polar surface area (TPSA) is 51.8 Å². The quantitative estimate of drug-likeness (QED) is 0.893. The summed E-state index contributed by atoms with van der Waals surface area (Å²) in [4.78, 5) is 9.00. The fourth-order valence-electron chi connectivity index (χ4n) is 2.54. The molecule has 0 fully saturated rings. The molecule has 0 bridgehead atoms. The largest absolute Gasteiger partial charge is 0.383 e. The zero-order valence-electron chi connectivity index (χ0n) is 12.3. The second-order valence-electron chi connectivity index (χ2n) is 5.13. The third kappa shape index (κ3) is 2.46. The van der Waals surface area contributed by atoms with Crippen molar-refractivity contribution >= 4 is 5.82 Å². The van der Waals surface area contributed by atoms with Gasteiger partial charge in [-0.3, -0.25) is 0 Å². The minimum absolute atomic E-state index is 0.584. The van der Waals surface area contributed by atoms with Gasteiger partial charge in [0.15, 0.2) is 0 Å². The highest BCUT2D eigenvalue weighted by molar-refractivity contribution is 5.73. The molecule has 0 aliphatic rings. The molecule has 3 nitrogen and oxygen atoms in total. The number of rotatable bonds is 2. The first kappa shape index (κ1) is 13.5. The van der Waals surface area contributed by atoms with Crippen LogP contribution in [0, 0.1) is 27.7 Å². The van der Waals surface area contributed by atoms with Crippen LogP contribution < -0.4 is 5.73 Å². The molecule has 0 saturated carbocycles. The number of nitrogens with zero attached hydrogens (tertiary/aromatic N) is 2. The van der Waals surface area contributed by atoms with Gasteiger partial charge >= 0.3 is 0 Å². The Balaban J connectivity index is 2.75. The summed E-state index contributed by atoms with van der Waals surface area (Å²) in [5.41, 5.74) is 12.9. The minimum Gasteiger partial charge on any atom is -0.383 e. The van der Waals surface area contributed by atoms with E-state index >= 15 is 0 Å². The van der Waals surface area contributed by atoms with Crippen LogP contribution >= 0.6 is 0 Å². The maximum absolute atomic E-state index is 6.01. The Labute approximate surface area is 114 Å². The number of aromatic nitrogens is 2. The van der Waals surface area contributed by atoms with Crippen LogP contribution in [-0.2, 0) is 6.42 Å². The molecule has 0 amide bonds. The lowest BCUT2D eigenvalue weighted by molar-refractivity contribution is 0.939. The van der Waals surface area contributed by atoms with Gasteiger partial charge in [-0.2, -0.15) is 0 Å². The Morgan fingerprint density at radius 3 is 2.11 bits per heavy atom. The van der Waals surface area contributed by atoms with E-state index in [1.165, 1.54) is 22.3 Å². The van der Waals surface area contributed by atoms with E-state index in [-0.39, 0.29) is 0 Å². The lowest BCUT2D eigenvalue weighted by atomic mass is 9.95. The van der Waals surface area contributed by atoms with Crippen LogP contribution in [0.3, 0.4) is 0 Å². The van der Waals surface area contributed by atoms with Gasteiger partial charge in [0.05, 0.1) is 5.69 Å². The van der Waals surface area contributed by atoms with Crippen molar-refractivity contribution in [2.24, 2.45) is 0 Å². The molecule has 0 aliphatic carbocycles. The van der Waals surface area contributed by atoms with Gasteiger partial charge in [0.2, 0.25) is 0 Å². The predicted molar refractivity (Wildman–Crippen MR) is 80.2 cm³/mol. The molecule has 1 heterocycles. The van der Waals surface area contributed by atoms with E-state index in [1.54, 1.807) is 0 Å². The summed E-state index contributed by atoms with van der Waals surface area (Å²) < 4.78 is 0. The zero-order valence-corrected chi connectivity index (χ0v) is 12.3. The van der Waals surface area contributed by atoms with Crippen molar-refractivity contribution in [3.8, 4) is 11.3 Å². The van der Waals surface area contributed by atoms with Gasteiger partial charge in [-0.1, -0.05) is 24.6 Å². The van der Waals surface area contributed by atoms with Gasteiger partial charge in [0.25, 0.3) is 0 Å². The normalized spacial score (nSPS) is 10.8. The second-order valence-corrected chi connectivity index (χ2v) is 5.13. The molecule has 2 rings (SSSR count). The maximum Gasteiger partial charge on any atom is 0.131 e. The van der Waals surface area contributed by atoms with Crippen LogP contribution in [-0.4, -0.2) is 9.97 Å². The van der Waals surface area contributed by atoms with Crippen molar-refractivity contribution in [3.63, 3.8) is 0 Å². The molecule has 0 unspecified atom stereocenters. The lowest BCUT2D eigenvalue weighted by Gasteiger charge is -2.15. The van der Waals surface area contributed by atoms with Gasteiger partial charge in [-0.15, -0.1) is 0 Å². The van der Waals surface area contributed by atoms with Gasteiger partial charge in [-0.25, -0.2) is 9.97 Å². The van der Waals surface area contributed by atoms with E-state index in [1.807, 2.05) is 13.8 Å². The summed E-state index contributed by atoms with van der Waals surface area (Å²) in [7, 11) is 0. The first-order valence-electron chi connectivity index (χ1n) is 6.65. The molecular formula is C16H21N3. The van der Waals surface area contributed by atoms with Crippen LogP contribution in [0.1, 0.15) is 35.0 Å². The second kappa shape index (κ2) is 5.00. The van der Waals surface area contributed by atoms with E-state index < -0.39 is 0 Å². The molecule has 1 aromatic heterocycles. The van der Waals surface area contributed by atoms with E-state index in [2.05, 4.69) is 42.9 Å². The van der Waals surface area contributed by atoms with E-state index in [0.717, 1.165) is 23.5 Å². The van der Waals surface area contributed by atoms with Crippen LogP contribution in [0.4, 0.5) is 5.82 Å². The Kier molecular flexibility index (Phi) is 3.56. The maximum atomic E-state index is 6.01. The molecule has 0 aliphatic heterocycles. The summed E-state index contributed by atoms with van der Waals surface area (Å²) in [6.45, 7) is 10.4. The average Bonchev–Trinajstić information content (AvgIpc) is 2.32. The first-order chi connectivity index (χ1) is 8.93. The number of nitrogens with two attached hydrogens (primary N) is 1. The fraction of sp³-hybridized carbons (Fsp3) is 0.375. The molecule has 0 spiro atoms. The predicted octanol–water partition coefficient (Wildman–Crippen LogP) is 3.52. The van der Waals surface area contributed by atoms with E-state index in [9.17, 15) is 0 Å². The summed E-state index contributed by atoms with van der Waals surface area (Å²) in [6.07, 6.45) is 0.793. The van der Waals surface area contributed by atoms with Gasteiger partial charge in [0.1, 0.15) is 11.6 Å². The molecule has 0 saturated heterocycles. The monoisotopic (exact) mass is 255 g/mol. The number of benzene rings is 1. The number of aryl methyl sites for hydroxylation is 4. The number of nitrogen functional groups attached to an aromatic ring is 1. The molecular weight excluding hydrogens is 234 g/mol. The number of hydrogen-bond acceptors (Lipinski definition) is 3. The Morgan fingerprint density at radius 2 is 1.58 bits per heavy atom. The Hall–Kier alpha value is -1.90. The Morgan fingerprint density at radius 1 is 1.00 bits per heavy atom. The highest BCUT2D eigenvalue weighted by Gasteiger charge is 2.14. The molecule has 0 atom stereocenters. The Bertz CT molecular complexity index is 607. The van der Waals surface area contributed by atoms with E-state index in [0.29, 0.717) is 5.82 Å². The molecule has 3 heteroatoms. The summed E-state index contributed by atoms with van der Waals surface area (Å²) in [5, 5.41) is 0. The third-order valence-corrected chi connectivity index (χ3v) is 3.46. The molecule has 19 heavy (non-hydrogen) atoms. The first-order valence-corrected chi connectivity index (χ1v) is 6.65. The van der Waals surface area contributed by atoms with Crippen molar-refractivity contribution in [3.05, 3.63) is 40.2 Å². The fourth-order valence-corrected chi connectivity index (χ4v) is 2.54. The van der Waals surface area contributed by atoms with E-state index in [4.69, 9.17) is 5.73 Å². The molecule has 1 aromatic carbocycles. The molecule has 0 radical (unpaired) electrons. The van der Waals surface area contributed by atoms with Crippen LogP contribution in [0.15, 0.2) is 12.1 Å².